The van der Waals surface area contributed by atoms with Gasteiger partial charge >= 0.3 is 12.2 Å². The molecule has 0 saturated carbocycles. The minimum Gasteiger partial charge on any atom is -0.348 e. The number of hydrogen-bond acceptors (Lipinski definition) is 3. The summed E-state index contributed by atoms with van der Waals surface area (Å²) >= 11 is 0. The number of benzene rings is 2. The van der Waals surface area contributed by atoms with E-state index in [9.17, 15) is 27.6 Å². The van der Waals surface area contributed by atoms with Crippen molar-refractivity contribution in [3.05, 3.63) is 70.8 Å². The Hall–Kier alpha value is -3.36. The van der Waals surface area contributed by atoms with E-state index in [0.29, 0.717) is 4.90 Å². The molecule has 1 heterocycles. The van der Waals surface area contributed by atoms with E-state index in [4.69, 9.17) is 0 Å². The summed E-state index contributed by atoms with van der Waals surface area (Å²) < 4.78 is 41.9. The number of nitrogens with zero attached hydrogens (tertiary/aromatic N) is 1. The van der Waals surface area contributed by atoms with Crippen LogP contribution in [-0.4, -0.2) is 35.5 Å². The minimum atomic E-state index is -5.10. The molecular formula is C22H22F3N3O3. The largest absolute Gasteiger partial charge is 0.425 e. The summed E-state index contributed by atoms with van der Waals surface area (Å²) in [5, 5.41) is 4.38. The van der Waals surface area contributed by atoms with Crippen LogP contribution in [0.1, 0.15) is 35.2 Å². The highest BCUT2D eigenvalue weighted by molar-refractivity contribution is 6.10. The number of aryl methyl sites for hydroxylation is 2. The number of imide groups is 1. The highest BCUT2D eigenvalue weighted by Gasteiger charge is 2.68. The van der Waals surface area contributed by atoms with Crippen molar-refractivity contribution in [1.82, 2.24) is 15.5 Å². The van der Waals surface area contributed by atoms with E-state index in [1.54, 1.807) is 12.2 Å². The molecule has 0 radical (unpaired) electrons. The fourth-order valence-electron chi connectivity index (χ4n) is 3.51. The molecule has 31 heavy (non-hydrogen) atoms. The zero-order valence-corrected chi connectivity index (χ0v) is 17.2. The van der Waals surface area contributed by atoms with Crippen molar-refractivity contribution >= 4 is 17.8 Å². The molecule has 0 bridgehead atoms. The zero-order valence-electron chi connectivity index (χ0n) is 17.2. The van der Waals surface area contributed by atoms with Crippen molar-refractivity contribution in [1.29, 1.82) is 0 Å². The normalized spacial score (nSPS) is 19.9. The molecule has 1 saturated heterocycles. The van der Waals surface area contributed by atoms with Gasteiger partial charge < -0.3 is 10.6 Å². The van der Waals surface area contributed by atoms with Gasteiger partial charge in [0.05, 0.1) is 6.04 Å². The van der Waals surface area contributed by atoms with Gasteiger partial charge in [-0.3, -0.25) is 14.5 Å². The third-order valence-corrected chi connectivity index (χ3v) is 5.45. The first-order valence-corrected chi connectivity index (χ1v) is 9.60. The van der Waals surface area contributed by atoms with Gasteiger partial charge in [0.1, 0.15) is 6.54 Å². The maximum Gasteiger partial charge on any atom is 0.425 e. The maximum atomic E-state index is 14.0. The molecule has 1 aliphatic rings. The number of urea groups is 1. The van der Waals surface area contributed by atoms with Crippen LogP contribution in [0.2, 0.25) is 0 Å². The van der Waals surface area contributed by atoms with Crippen molar-refractivity contribution in [2.24, 2.45) is 0 Å². The van der Waals surface area contributed by atoms with Gasteiger partial charge in [-0.25, -0.2) is 4.79 Å². The van der Waals surface area contributed by atoms with Crippen molar-refractivity contribution in [2.75, 3.05) is 6.54 Å². The summed E-state index contributed by atoms with van der Waals surface area (Å²) in [5.41, 5.74) is -0.767. The number of nitrogens with one attached hydrogen (secondary N) is 2. The van der Waals surface area contributed by atoms with E-state index in [0.717, 1.165) is 28.8 Å². The fourth-order valence-corrected chi connectivity index (χ4v) is 3.51. The topological polar surface area (TPSA) is 78.5 Å². The SMILES string of the molecule is Cc1ccc(C(C)NC(=O)CN2C(=O)NC(c3ccccc3)(C(F)(F)F)C2=O)cc1C. The van der Waals surface area contributed by atoms with Gasteiger partial charge in [0, 0.05) is 0 Å². The summed E-state index contributed by atoms with van der Waals surface area (Å²) in [5.74, 6) is -2.29. The van der Waals surface area contributed by atoms with E-state index < -0.39 is 47.7 Å². The quantitative estimate of drug-likeness (QED) is 0.709. The minimum absolute atomic E-state index is 0.295. The molecular weight excluding hydrogens is 411 g/mol. The Morgan fingerprint density at radius 3 is 2.32 bits per heavy atom. The number of hydrogen-bond donors (Lipinski definition) is 2. The molecule has 0 spiro atoms. The number of amides is 4. The van der Waals surface area contributed by atoms with Crippen LogP contribution in [-0.2, 0) is 15.1 Å². The van der Waals surface area contributed by atoms with Crippen molar-refractivity contribution in [3.8, 4) is 0 Å². The average molecular weight is 433 g/mol. The van der Waals surface area contributed by atoms with Gasteiger partial charge in [-0.2, -0.15) is 13.2 Å². The molecule has 9 heteroatoms. The van der Waals surface area contributed by atoms with E-state index in [1.165, 1.54) is 18.2 Å². The molecule has 4 amide bonds. The van der Waals surface area contributed by atoms with Gasteiger partial charge in [-0.15, -0.1) is 0 Å². The second-order valence-electron chi connectivity index (χ2n) is 7.57. The highest BCUT2D eigenvalue weighted by Crippen LogP contribution is 2.43. The Morgan fingerprint density at radius 1 is 1.10 bits per heavy atom. The number of carbonyl (C=O) groups is 3. The smallest absolute Gasteiger partial charge is 0.348 e. The summed E-state index contributed by atoms with van der Waals surface area (Å²) in [6.07, 6.45) is -5.10. The number of alkyl halides is 3. The Morgan fingerprint density at radius 2 is 1.74 bits per heavy atom. The van der Waals surface area contributed by atoms with Crippen LogP contribution in [0.25, 0.3) is 0 Å². The molecule has 2 N–H and O–H groups in total. The number of halogens is 3. The summed E-state index contributed by atoms with van der Waals surface area (Å²) in [6.45, 7) is 4.74. The average Bonchev–Trinajstić information content (AvgIpc) is 2.96. The van der Waals surface area contributed by atoms with E-state index in [-0.39, 0.29) is 0 Å². The molecule has 2 atom stereocenters. The van der Waals surface area contributed by atoms with Crippen LogP contribution in [0.4, 0.5) is 18.0 Å². The lowest BCUT2D eigenvalue weighted by molar-refractivity contribution is -0.198. The third kappa shape index (κ3) is 3.99. The molecule has 1 aliphatic heterocycles. The van der Waals surface area contributed by atoms with Crippen LogP contribution in [0.3, 0.4) is 0 Å². The third-order valence-electron chi connectivity index (χ3n) is 5.45. The van der Waals surface area contributed by atoms with Crippen LogP contribution in [0.15, 0.2) is 48.5 Å². The molecule has 3 rings (SSSR count). The number of rotatable bonds is 5. The summed E-state index contributed by atoms with van der Waals surface area (Å²) in [4.78, 5) is 37.9. The molecule has 1 fully saturated rings. The maximum absolute atomic E-state index is 14.0. The molecule has 0 aliphatic carbocycles. The summed E-state index contributed by atoms with van der Waals surface area (Å²) in [7, 11) is 0. The van der Waals surface area contributed by atoms with Gasteiger partial charge in [0.25, 0.3) is 5.91 Å². The molecule has 0 aromatic heterocycles. The second-order valence-corrected chi connectivity index (χ2v) is 7.57. The Kier molecular flexibility index (Phi) is 5.80. The predicted octanol–water partition coefficient (Wildman–Crippen LogP) is 3.49. The standard InChI is InChI=1S/C22H22F3N3O3/c1-13-9-10-16(11-14(13)2)15(3)26-18(29)12-28-19(30)21(22(23,24)25,27-20(28)31)17-7-5-4-6-8-17/h4-11,15H,12H2,1-3H3,(H,26,29)(H,27,31). The first kappa shape index (κ1) is 22.3. The van der Waals surface area contributed by atoms with E-state index >= 15 is 0 Å². The van der Waals surface area contributed by atoms with Gasteiger partial charge in [-0.1, -0.05) is 48.5 Å². The molecule has 6 nitrogen and oxygen atoms in total. The first-order valence-electron chi connectivity index (χ1n) is 9.60. The zero-order chi connectivity index (χ0) is 23.0. The lowest BCUT2D eigenvalue weighted by Crippen LogP contribution is -2.56. The molecule has 2 aromatic carbocycles. The van der Waals surface area contributed by atoms with E-state index in [1.807, 2.05) is 32.0 Å². The highest BCUT2D eigenvalue weighted by atomic mass is 19.4. The number of carbonyl (C=O) groups excluding carboxylic acids is 3. The van der Waals surface area contributed by atoms with Crippen LogP contribution >= 0.6 is 0 Å². The molecule has 2 unspecified atom stereocenters. The van der Waals surface area contributed by atoms with Crippen LogP contribution in [0, 0.1) is 13.8 Å². The van der Waals surface area contributed by atoms with Gasteiger partial charge in [0.2, 0.25) is 11.4 Å². The first-order chi connectivity index (χ1) is 14.5. The van der Waals surface area contributed by atoms with Crippen molar-refractivity contribution in [3.63, 3.8) is 0 Å². The van der Waals surface area contributed by atoms with Gasteiger partial charge in [0.15, 0.2) is 0 Å². The fraction of sp³-hybridized carbons (Fsp3) is 0.318. The Balaban J connectivity index is 1.80. The predicted molar refractivity (Wildman–Crippen MR) is 107 cm³/mol. The molecule has 164 valence electrons. The lowest BCUT2D eigenvalue weighted by atomic mass is 9.89. The Labute approximate surface area is 177 Å². The van der Waals surface area contributed by atoms with Crippen molar-refractivity contribution < 1.29 is 27.6 Å². The van der Waals surface area contributed by atoms with Crippen LogP contribution in [0.5, 0.6) is 0 Å². The van der Waals surface area contributed by atoms with Crippen LogP contribution < -0.4 is 10.6 Å². The van der Waals surface area contributed by atoms with Crippen molar-refractivity contribution in [2.45, 2.75) is 38.5 Å². The second kappa shape index (κ2) is 8.05. The van der Waals surface area contributed by atoms with Gasteiger partial charge in [-0.05, 0) is 43.0 Å². The Bertz CT molecular complexity index is 1020. The monoisotopic (exact) mass is 433 g/mol. The van der Waals surface area contributed by atoms with E-state index in [2.05, 4.69) is 5.32 Å². The summed E-state index contributed by atoms with van der Waals surface area (Å²) in [6, 6.07) is 10.2. The molecule has 2 aromatic rings. The lowest BCUT2D eigenvalue weighted by Gasteiger charge is -2.29.